The minimum absolute atomic E-state index is 0.0362. The Labute approximate surface area is 93.3 Å². The molecular weight excluding hydrogens is 253 g/mol. The minimum Gasteiger partial charge on any atom is -0.465 e. The number of rotatable bonds is 4. The van der Waals surface area contributed by atoms with E-state index in [1.54, 1.807) is 0 Å². The van der Waals surface area contributed by atoms with E-state index in [0.29, 0.717) is 7.05 Å². The lowest BCUT2D eigenvalue weighted by Crippen LogP contribution is -2.52. The number of halogens is 5. The second kappa shape index (κ2) is 5.28. The van der Waals surface area contributed by atoms with Crippen LogP contribution in [0.25, 0.3) is 0 Å². The fourth-order valence-electron chi connectivity index (χ4n) is 0.833. The van der Waals surface area contributed by atoms with E-state index in [1.807, 2.05) is 0 Å². The molecule has 0 unspecified atom stereocenters. The highest BCUT2D eigenvalue weighted by atomic mass is 19.4. The lowest BCUT2D eigenvalue weighted by Gasteiger charge is -2.24. The average molecular weight is 263 g/mol. The van der Waals surface area contributed by atoms with Gasteiger partial charge in [-0.1, -0.05) is 0 Å². The van der Waals surface area contributed by atoms with E-state index in [9.17, 15) is 31.5 Å². The van der Waals surface area contributed by atoms with Gasteiger partial charge in [0.1, 0.15) is 6.54 Å². The number of ether oxygens (including phenoxy) is 1. The summed E-state index contributed by atoms with van der Waals surface area (Å²) in [5.74, 6) is -9.09. The summed E-state index contributed by atoms with van der Waals surface area (Å²) in [4.78, 5) is 21.6. The standard InChI is InChI=1S/C8H10F5NO3/c1-3-17-5(15)4-14(2)6(16)7(9,10)8(11,12)13/h3-4H2,1-2H3. The fraction of sp³-hybridized carbons (Fsp3) is 0.750. The number of hydrogen-bond acceptors (Lipinski definition) is 3. The van der Waals surface area contributed by atoms with Gasteiger partial charge < -0.3 is 9.64 Å². The maximum atomic E-state index is 12.5. The third-order valence-corrected chi connectivity index (χ3v) is 1.64. The molecule has 0 aliphatic rings. The molecule has 0 saturated carbocycles. The van der Waals surface area contributed by atoms with Crippen molar-refractivity contribution in [3.8, 4) is 0 Å². The van der Waals surface area contributed by atoms with Crippen LogP contribution in [0.1, 0.15) is 6.92 Å². The molecule has 0 rings (SSSR count). The van der Waals surface area contributed by atoms with Crippen LogP contribution >= 0.6 is 0 Å². The quantitative estimate of drug-likeness (QED) is 0.565. The largest absolute Gasteiger partial charge is 0.465 e. The van der Waals surface area contributed by atoms with Crippen LogP contribution in [0.3, 0.4) is 0 Å². The first-order valence-corrected chi connectivity index (χ1v) is 4.39. The second-order valence-electron chi connectivity index (χ2n) is 3.04. The number of carbonyl (C=O) groups excluding carboxylic acids is 2. The molecule has 0 saturated heterocycles. The molecule has 9 heteroatoms. The Morgan fingerprint density at radius 3 is 2.00 bits per heavy atom. The number of likely N-dealkylation sites (N-methyl/N-ethyl adjacent to an activating group) is 1. The van der Waals surface area contributed by atoms with Gasteiger partial charge in [0.2, 0.25) is 0 Å². The monoisotopic (exact) mass is 263 g/mol. The highest BCUT2D eigenvalue weighted by Gasteiger charge is 2.64. The summed E-state index contributed by atoms with van der Waals surface area (Å²) in [6.45, 7) is 0.374. The Morgan fingerprint density at radius 1 is 1.18 bits per heavy atom. The van der Waals surface area contributed by atoms with E-state index in [0.717, 1.165) is 0 Å². The van der Waals surface area contributed by atoms with Crippen molar-refractivity contribution in [2.24, 2.45) is 0 Å². The zero-order valence-corrected chi connectivity index (χ0v) is 8.98. The number of amides is 1. The first kappa shape index (κ1) is 15.6. The summed E-state index contributed by atoms with van der Waals surface area (Å²) in [5, 5.41) is 0. The van der Waals surface area contributed by atoms with Crippen molar-refractivity contribution < 1.29 is 36.3 Å². The number of hydrogen-bond donors (Lipinski definition) is 0. The van der Waals surface area contributed by atoms with Crippen LogP contribution in [-0.2, 0) is 14.3 Å². The molecule has 17 heavy (non-hydrogen) atoms. The van der Waals surface area contributed by atoms with Crippen molar-refractivity contribution in [3.63, 3.8) is 0 Å². The average Bonchev–Trinajstić information content (AvgIpc) is 2.14. The van der Waals surface area contributed by atoms with E-state index < -0.39 is 30.5 Å². The van der Waals surface area contributed by atoms with E-state index >= 15 is 0 Å². The number of nitrogens with zero attached hydrogens (tertiary/aromatic N) is 1. The zero-order chi connectivity index (χ0) is 13.9. The van der Waals surface area contributed by atoms with Gasteiger partial charge in [0.15, 0.2) is 0 Å². The number of alkyl halides is 5. The summed E-state index contributed by atoms with van der Waals surface area (Å²) in [6, 6.07) is 0. The van der Waals surface area contributed by atoms with Gasteiger partial charge in [0, 0.05) is 7.05 Å². The highest BCUT2D eigenvalue weighted by Crippen LogP contribution is 2.36. The summed E-state index contributed by atoms with van der Waals surface area (Å²) >= 11 is 0. The van der Waals surface area contributed by atoms with Crippen LogP contribution in [0.4, 0.5) is 22.0 Å². The molecule has 0 aliphatic heterocycles. The summed E-state index contributed by atoms with van der Waals surface area (Å²) in [7, 11) is 0.652. The highest BCUT2D eigenvalue weighted by molar-refractivity contribution is 5.87. The van der Waals surface area contributed by atoms with Crippen LogP contribution in [0.15, 0.2) is 0 Å². The van der Waals surface area contributed by atoms with E-state index in [4.69, 9.17) is 0 Å². The van der Waals surface area contributed by atoms with E-state index in [-0.39, 0.29) is 11.5 Å². The van der Waals surface area contributed by atoms with Gasteiger partial charge in [-0.05, 0) is 6.92 Å². The number of esters is 1. The molecule has 0 N–H and O–H groups in total. The van der Waals surface area contributed by atoms with Gasteiger partial charge in [-0.2, -0.15) is 22.0 Å². The summed E-state index contributed by atoms with van der Waals surface area (Å²) < 4.78 is 64.8. The molecule has 0 aromatic heterocycles. The van der Waals surface area contributed by atoms with Crippen molar-refractivity contribution in [1.82, 2.24) is 4.90 Å². The van der Waals surface area contributed by atoms with Crippen molar-refractivity contribution in [2.75, 3.05) is 20.2 Å². The molecule has 0 aliphatic carbocycles. The smallest absolute Gasteiger partial charge is 0.463 e. The Morgan fingerprint density at radius 2 is 1.65 bits per heavy atom. The van der Waals surface area contributed by atoms with Crippen LogP contribution in [0, 0.1) is 0 Å². The lowest BCUT2D eigenvalue weighted by atomic mass is 10.3. The molecule has 0 aromatic rings. The molecule has 4 nitrogen and oxygen atoms in total. The van der Waals surface area contributed by atoms with Gasteiger partial charge in [-0.15, -0.1) is 0 Å². The predicted octanol–water partition coefficient (Wildman–Crippen LogP) is 1.21. The van der Waals surface area contributed by atoms with Gasteiger partial charge in [0.25, 0.3) is 0 Å². The van der Waals surface area contributed by atoms with Gasteiger partial charge in [-0.3, -0.25) is 9.59 Å². The maximum Gasteiger partial charge on any atom is 0.463 e. The summed E-state index contributed by atoms with van der Waals surface area (Å²) in [6.07, 6.45) is -5.99. The Bertz CT molecular complexity index is 302. The van der Waals surface area contributed by atoms with E-state index in [1.165, 1.54) is 6.92 Å². The molecule has 0 fully saturated rings. The zero-order valence-electron chi connectivity index (χ0n) is 8.98. The van der Waals surface area contributed by atoms with E-state index in [2.05, 4.69) is 4.74 Å². The molecule has 0 spiro atoms. The van der Waals surface area contributed by atoms with Crippen molar-refractivity contribution in [2.45, 2.75) is 19.0 Å². The molecule has 1 amide bonds. The first-order chi connectivity index (χ1) is 7.54. The van der Waals surface area contributed by atoms with Crippen LogP contribution in [0.2, 0.25) is 0 Å². The Kier molecular flexibility index (Phi) is 4.84. The van der Waals surface area contributed by atoms with Crippen LogP contribution < -0.4 is 0 Å². The third kappa shape index (κ3) is 3.82. The summed E-state index contributed by atoms with van der Waals surface area (Å²) in [5.41, 5.74) is 0. The normalized spacial score (nSPS) is 12.2. The molecule has 0 radical (unpaired) electrons. The number of carbonyl (C=O) groups is 2. The van der Waals surface area contributed by atoms with Crippen LogP contribution in [-0.4, -0.2) is 49.1 Å². The maximum absolute atomic E-state index is 12.5. The molecule has 0 atom stereocenters. The van der Waals surface area contributed by atoms with Gasteiger partial charge in [0.05, 0.1) is 6.61 Å². The van der Waals surface area contributed by atoms with Crippen molar-refractivity contribution in [1.29, 1.82) is 0 Å². The minimum atomic E-state index is -5.99. The molecule has 0 heterocycles. The Balaban J connectivity index is 4.66. The van der Waals surface area contributed by atoms with Gasteiger partial charge in [-0.25, -0.2) is 0 Å². The molecule has 0 aromatic carbocycles. The molecular formula is C8H10F5NO3. The van der Waals surface area contributed by atoms with Crippen LogP contribution in [0.5, 0.6) is 0 Å². The van der Waals surface area contributed by atoms with Crippen molar-refractivity contribution >= 4 is 11.9 Å². The SMILES string of the molecule is CCOC(=O)CN(C)C(=O)C(F)(F)C(F)(F)F. The second-order valence-corrected chi connectivity index (χ2v) is 3.04. The molecule has 100 valence electrons. The Hall–Kier alpha value is -1.41. The predicted molar refractivity (Wildman–Crippen MR) is 45.3 cm³/mol. The van der Waals surface area contributed by atoms with Gasteiger partial charge >= 0.3 is 24.0 Å². The van der Waals surface area contributed by atoms with Crippen molar-refractivity contribution in [3.05, 3.63) is 0 Å². The first-order valence-electron chi connectivity index (χ1n) is 4.39. The fourth-order valence-corrected chi connectivity index (χ4v) is 0.833. The topological polar surface area (TPSA) is 46.6 Å². The third-order valence-electron chi connectivity index (χ3n) is 1.64. The molecule has 0 bridgehead atoms. The lowest BCUT2D eigenvalue weighted by molar-refractivity contribution is -0.274.